The van der Waals surface area contributed by atoms with Gasteiger partial charge in [0.1, 0.15) is 5.82 Å². The molecule has 20 heavy (non-hydrogen) atoms. The maximum atomic E-state index is 14.2. The van der Waals surface area contributed by atoms with E-state index in [0.717, 1.165) is 37.3 Å². The Morgan fingerprint density at radius 1 is 1.20 bits per heavy atom. The normalized spacial score (nSPS) is 20.7. The fourth-order valence-electron chi connectivity index (χ4n) is 2.99. The molecule has 1 N–H and O–H groups in total. The second kappa shape index (κ2) is 7.60. The smallest absolute Gasteiger partial charge is 0.128 e. The van der Waals surface area contributed by atoms with E-state index in [0.29, 0.717) is 12.0 Å². The first-order chi connectivity index (χ1) is 8.75. The second-order valence-corrected chi connectivity index (χ2v) is 5.59. The Morgan fingerprint density at radius 2 is 1.85 bits per heavy atom. The van der Waals surface area contributed by atoms with E-state index in [1.807, 2.05) is 19.1 Å². The minimum absolute atomic E-state index is 0. The lowest BCUT2D eigenvalue weighted by Gasteiger charge is -2.35. The molecule has 2 nitrogen and oxygen atoms in total. The summed E-state index contributed by atoms with van der Waals surface area (Å²) in [6, 6.07) is 6.01. The van der Waals surface area contributed by atoms with E-state index in [9.17, 15) is 4.39 Å². The van der Waals surface area contributed by atoms with Gasteiger partial charge in [0, 0.05) is 37.8 Å². The molecule has 1 aliphatic carbocycles. The number of aryl methyl sites for hydroxylation is 1. The predicted molar refractivity (Wildman–Crippen MR) is 85.5 cm³/mol. The van der Waals surface area contributed by atoms with Crippen molar-refractivity contribution in [2.75, 3.05) is 26.2 Å². The summed E-state index contributed by atoms with van der Waals surface area (Å²) < 4.78 is 14.2. The first-order valence-electron chi connectivity index (χ1n) is 6.96. The van der Waals surface area contributed by atoms with Crippen LogP contribution in [0.15, 0.2) is 18.2 Å². The van der Waals surface area contributed by atoms with Gasteiger partial charge in [0.05, 0.1) is 0 Å². The average Bonchev–Trinajstić information content (AvgIpc) is 3.18. The molecule has 1 atom stereocenters. The molecule has 0 spiro atoms. The molecule has 1 aromatic carbocycles. The zero-order chi connectivity index (χ0) is 12.5. The first-order valence-corrected chi connectivity index (χ1v) is 6.96. The van der Waals surface area contributed by atoms with Gasteiger partial charge < -0.3 is 5.32 Å². The van der Waals surface area contributed by atoms with Crippen LogP contribution in [0.25, 0.3) is 0 Å². The van der Waals surface area contributed by atoms with Gasteiger partial charge >= 0.3 is 0 Å². The molecule has 114 valence electrons. The van der Waals surface area contributed by atoms with Gasteiger partial charge in [-0.1, -0.05) is 12.1 Å². The Hall–Kier alpha value is -0.350. The highest BCUT2D eigenvalue weighted by molar-refractivity contribution is 5.85. The van der Waals surface area contributed by atoms with Crippen molar-refractivity contribution >= 4 is 24.8 Å². The van der Waals surface area contributed by atoms with Crippen LogP contribution in [-0.4, -0.2) is 31.1 Å². The van der Waals surface area contributed by atoms with Crippen molar-refractivity contribution in [1.29, 1.82) is 0 Å². The third-order valence-corrected chi connectivity index (χ3v) is 4.09. The SMILES string of the molecule is Cc1ccc([C@H](C2CC2)N2CCNCC2)c(F)c1.Cl.Cl. The Labute approximate surface area is 132 Å². The van der Waals surface area contributed by atoms with Crippen LogP contribution < -0.4 is 5.32 Å². The molecule has 0 unspecified atom stereocenters. The second-order valence-electron chi connectivity index (χ2n) is 5.59. The molecule has 1 saturated carbocycles. The van der Waals surface area contributed by atoms with Crippen molar-refractivity contribution in [1.82, 2.24) is 10.2 Å². The highest BCUT2D eigenvalue weighted by Gasteiger charge is 2.37. The van der Waals surface area contributed by atoms with Gasteiger partial charge in [-0.25, -0.2) is 4.39 Å². The molecule has 0 aromatic heterocycles. The Bertz CT molecular complexity index is 432. The largest absolute Gasteiger partial charge is 0.314 e. The number of piperazine rings is 1. The summed E-state index contributed by atoms with van der Waals surface area (Å²) in [6.07, 6.45) is 2.50. The van der Waals surface area contributed by atoms with Crippen LogP contribution in [0, 0.1) is 18.7 Å². The Balaban J connectivity index is 0.000001000. The molecule has 1 aromatic rings. The number of benzene rings is 1. The van der Waals surface area contributed by atoms with Gasteiger partial charge in [-0.15, -0.1) is 24.8 Å². The van der Waals surface area contributed by atoms with Crippen molar-refractivity contribution in [3.63, 3.8) is 0 Å². The highest BCUT2D eigenvalue weighted by Crippen LogP contribution is 2.45. The van der Waals surface area contributed by atoms with Crippen LogP contribution in [0.4, 0.5) is 4.39 Å². The minimum Gasteiger partial charge on any atom is -0.314 e. The van der Waals surface area contributed by atoms with Crippen molar-refractivity contribution < 1.29 is 4.39 Å². The zero-order valence-corrected chi connectivity index (χ0v) is 13.4. The van der Waals surface area contributed by atoms with Crippen LogP contribution in [-0.2, 0) is 0 Å². The number of hydrogen-bond acceptors (Lipinski definition) is 2. The first kappa shape index (κ1) is 17.7. The van der Waals surface area contributed by atoms with E-state index < -0.39 is 0 Å². The molecular formula is C15H23Cl2FN2. The summed E-state index contributed by atoms with van der Waals surface area (Å²) in [5.41, 5.74) is 1.91. The monoisotopic (exact) mass is 320 g/mol. The van der Waals surface area contributed by atoms with E-state index in [-0.39, 0.29) is 30.6 Å². The summed E-state index contributed by atoms with van der Waals surface area (Å²) in [7, 11) is 0. The van der Waals surface area contributed by atoms with E-state index in [4.69, 9.17) is 0 Å². The molecule has 2 aliphatic rings. The molecule has 1 aliphatic heterocycles. The Morgan fingerprint density at radius 3 is 2.40 bits per heavy atom. The average molecular weight is 321 g/mol. The van der Waals surface area contributed by atoms with Crippen LogP contribution in [0.2, 0.25) is 0 Å². The lowest BCUT2D eigenvalue weighted by atomic mass is 9.98. The van der Waals surface area contributed by atoms with Crippen LogP contribution in [0.3, 0.4) is 0 Å². The van der Waals surface area contributed by atoms with Crippen molar-refractivity contribution in [3.05, 3.63) is 35.1 Å². The maximum absolute atomic E-state index is 14.2. The fourth-order valence-corrected chi connectivity index (χ4v) is 2.99. The molecule has 1 saturated heterocycles. The van der Waals surface area contributed by atoms with E-state index in [2.05, 4.69) is 10.2 Å². The van der Waals surface area contributed by atoms with Gasteiger partial charge in [-0.05, 0) is 37.3 Å². The minimum atomic E-state index is -0.0227. The fraction of sp³-hybridized carbons (Fsp3) is 0.600. The molecule has 0 radical (unpaired) electrons. The molecule has 2 fully saturated rings. The molecule has 3 rings (SSSR count). The highest BCUT2D eigenvalue weighted by atomic mass is 35.5. The number of nitrogens with one attached hydrogen (secondary N) is 1. The van der Waals surface area contributed by atoms with Crippen molar-refractivity contribution in [2.45, 2.75) is 25.8 Å². The molecule has 5 heteroatoms. The summed E-state index contributed by atoms with van der Waals surface area (Å²) >= 11 is 0. The number of hydrogen-bond donors (Lipinski definition) is 1. The maximum Gasteiger partial charge on any atom is 0.128 e. The summed E-state index contributed by atoms with van der Waals surface area (Å²) in [5.74, 6) is 0.644. The molecule has 0 amide bonds. The lowest BCUT2D eigenvalue weighted by Crippen LogP contribution is -2.45. The summed E-state index contributed by atoms with van der Waals surface area (Å²) in [4.78, 5) is 2.46. The third-order valence-electron chi connectivity index (χ3n) is 4.09. The van der Waals surface area contributed by atoms with Crippen LogP contribution >= 0.6 is 24.8 Å². The van der Waals surface area contributed by atoms with Crippen LogP contribution in [0.1, 0.15) is 30.0 Å². The predicted octanol–water partition coefficient (Wildman–Crippen LogP) is 3.33. The number of rotatable bonds is 3. The van der Waals surface area contributed by atoms with Crippen molar-refractivity contribution in [3.8, 4) is 0 Å². The summed E-state index contributed by atoms with van der Waals surface area (Å²) in [5, 5.41) is 3.37. The number of halogens is 3. The molecular weight excluding hydrogens is 298 g/mol. The van der Waals surface area contributed by atoms with Gasteiger partial charge in [0.2, 0.25) is 0 Å². The topological polar surface area (TPSA) is 15.3 Å². The molecule has 1 heterocycles. The standard InChI is InChI=1S/C15H21FN2.2ClH/c1-11-2-5-13(14(16)10-11)15(12-3-4-12)18-8-6-17-7-9-18;;/h2,5,10,12,15,17H,3-4,6-9H2,1H3;2*1H/t15-;;/m0../s1. The third kappa shape index (κ3) is 3.85. The van der Waals surface area contributed by atoms with Crippen molar-refractivity contribution in [2.24, 2.45) is 5.92 Å². The quantitative estimate of drug-likeness (QED) is 0.919. The van der Waals surface area contributed by atoms with E-state index in [1.165, 1.54) is 12.8 Å². The lowest BCUT2D eigenvalue weighted by molar-refractivity contribution is 0.153. The summed E-state index contributed by atoms with van der Waals surface area (Å²) in [6.45, 7) is 6.07. The van der Waals surface area contributed by atoms with Gasteiger partial charge in [-0.3, -0.25) is 4.90 Å². The zero-order valence-electron chi connectivity index (χ0n) is 11.8. The number of nitrogens with zero attached hydrogens (tertiary/aromatic N) is 1. The van der Waals surface area contributed by atoms with Gasteiger partial charge in [-0.2, -0.15) is 0 Å². The Kier molecular flexibility index (Phi) is 6.73. The van der Waals surface area contributed by atoms with Gasteiger partial charge in [0.25, 0.3) is 0 Å². The molecule has 0 bridgehead atoms. The van der Waals surface area contributed by atoms with Crippen LogP contribution in [0.5, 0.6) is 0 Å². The van der Waals surface area contributed by atoms with E-state index in [1.54, 1.807) is 6.07 Å². The van der Waals surface area contributed by atoms with Gasteiger partial charge in [0.15, 0.2) is 0 Å². The van der Waals surface area contributed by atoms with E-state index >= 15 is 0 Å².